The first-order valence-corrected chi connectivity index (χ1v) is 6.89. The molecule has 0 saturated carbocycles. The summed E-state index contributed by atoms with van der Waals surface area (Å²) in [6.07, 6.45) is 1.79. The normalized spacial score (nSPS) is 10.5. The number of hydrogen-bond acceptors (Lipinski definition) is 3. The smallest absolute Gasteiger partial charge is 0.231 e. The molecule has 2 aromatic rings. The molecule has 0 atom stereocenters. The highest BCUT2D eigenvalue weighted by Crippen LogP contribution is 2.21. The Labute approximate surface area is 124 Å². The maximum absolute atomic E-state index is 12.0. The van der Waals surface area contributed by atoms with Crippen molar-refractivity contribution in [2.45, 2.75) is 19.9 Å². The second-order valence-electron chi connectivity index (χ2n) is 3.90. The van der Waals surface area contributed by atoms with Crippen molar-refractivity contribution in [3.63, 3.8) is 0 Å². The predicted molar refractivity (Wildman–Crippen MR) is 77.2 cm³/mol. The van der Waals surface area contributed by atoms with Crippen molar-refractivity contribution in [1.29, 1.82) is 0 Å². The van der Waals surface area contributed by atoms with Gasteiger partial charge in [-0.3, -0.25) is 10.1 Å². The molecule has 7 heteroatoms. The lowest BCUT2D eigenvalue weighted by atomic mass is 10.1. The molecule has 19 heavy (non-hydrogen) atoms. The maximum atomic E-state index is 12.0. The minimum atomic E-state index is -0.161. The van der Waals surface area contributed by atoms with Gasteiger partial charge in [-0.05, 0) is 30.7 Å². The molecule has 0 fully saturated rings. The average molecular weight is 344 g/mol. The van der Waals surface area contributed by atoms with Crippen LogP contribution in [0.1, 0.15) is 12.5 Å². The highest BCUT2D eigenvalue weighted by Gasteiger charge is 2.11. The summed E-state index contributed by atoms with van der Waals surface area (Å²) in [4.78, 5) is 12.0. The van der Waals surface area contributed by atoms with E-state index in [9.17, 15) is 4.79 Å². The van der Waals surface area contributed by atoms with E-state index in [-0.39, 0.29) is 12.3 Å². The Kier molecular flexibility index (Phi) is 4.55. The largest absolute Gasteiger partial charge is 0.300 e. The number of hydrogen-bond donors (Lipinski definition) is 1. The van der Waals surface area contributed by atoms with Crippen molar-refractivity contribution < 1.29 is 4.79 Å². The number of nitrogens with one attached hydrogen (secondary N) is 1. The van der Waals surface area contributed by atoms with Crippen LogP contribution in [-0.2, 0) is 17.8 Å². The maximum Gasteiger partial charge on any atom is 0.231 e. The van der Waals surface area contributed by atoms with Crippen LogP contribution in [0.15, 0.2) is 29.0 Å². The molecular weight excluding hydrogens is 332 g/mol. The fourth-order valence-corrected chi connectivity index (χ4v) is 2.19. The van der Waals surface area contributed by atoms with Crippen LogP contribution in [0, 0.1) is 0 Å². The molecule has 100 valence electrons. The van der Waals surface area contributed by atoms with Crippen LogP contribution in [0.25, 0.3) is 0 Å². The zero-order valence-electron chi connectivity index (χ0n) is 10.2. The summed E-state index contributed by atoms with van der Waals surface area (Å²) in [7, 11) is 0. The van der Waals surface area contributed by atoms with Gasteiger partial charge in [0.25, 0.3) is 0 Å². The standard InChI is InChI=1S/C12H12BrClN4O/c1-2-18-7-15-17-12(18)16-11(19)6-8-5-9(14)3-4-10(8)13/h3-5,7H,2,6H2,1H3,(H,16,17,19). The van der Waals surface area contributed by atoms with E-state index >= 15 is 0 Å². The summed E-state index contributed by atoms with van der Waals surface area (Å²) in [5.74, 6) is 0.288. The topological polar surface area (TPSA) is 59.8 Å². The first-order chi connectivity index (χ1) is 9.10. The van der Waals surface area contributed by atoms with Gasteiger partial charge in [0.1, 0.15) is 6.33 Å². The van der Waals surface area contributed by atoms with Gasteiger partial charge in [-0.15, -0.1) is 10.2 Å². The number of benzene rings is 1. The van der Waals surface area contributed by atoms with E-state index in [2.05, 4.69) is 31.4 Å². The fourth-order valence-electron chi connectivity index (χ4n) is 1.60. The van der Waals surface area contributed by atoms with Crippen LogP contribution in [-0.4, -0.2) is 20.7 Å². The van der Waals surface area contributed by atoms with Crippen LogP contribution in [0.2, 0.25) is 5.02 Å². The number of aromatic nitrogens is 3. The highest BCUT2D eigenvalue weighted by atomic mass is 79.9. The van der Waals surface area contributed by atoms with E-state index in [0.717, 1.165) is 10.0 Å². The number of carbonyl (C=O) groups excluding carboxylic acids is 1. The number of rotatable bonds is 4. The first-order valence-electron chi connectivity index (χ1n) is 5.71. The molecule has 1 aromatic heterocycles. The first kappa shape index (κ1) is 14.0. The second-order valence-corrected chi connectivity index (χ2v) is 5.19. The van der Waals surface area contributed by atoms with Gasteiger partial charge in [0, 0.05) is 16.0 Å². The summed E-state index contributed by atoms with van der Waals surface area (Å²) in [5.41, 5.74) is 0.826. The quantitative estimate of drug-likeness (QED) is 0.928. The Morgan fingerprint density at radius 2 is 2.32 bits per heavy atom. The zero-order valence-corrected chi connectivity index (χ0v) is 12.6. The highest BCUT2D eigenvalue weighted by molar-refractivity contribution is 9.10. The van der Waals surface area contributed by atoms with Gasteiger partial charge in [-0.25, -0.2) is 0 Å². The molecule has 1 heterocycles. The third kappa shape index (κ3) is 3.54. The summed E-state index contributed by atoms with van der Waals surface area (Å²) in [6.45, 7) is 2.65. The number of aryl methyl sites for hydroxylation is 1. The Balaban J connectivity index is 2.07. The molecule has 1 N–H and O–H groups in total. The molecule has 0 spiro atoms. The second kappa shape index (κ2) is 6.16. The molecule has 0 aliphatic carbocycles. The van der Waals surface area contributed by atoms with Crippen molar-refractivity contribution in [3.05, 3.63) is 39.6 Å². The number of nitrogens with zero attached hydrogens (tertiary/aromatic N) is 3. The van der Waals surface area contributed by atoms with Crippen molar-refractivity contribution in [2.75, 3.05) is 5.32 Å². The molecule has 0 saturated heterocycles. The minimum absolute atomic E-state index is 0.161. The molecule has 0 aliphatic rings. The number of amides is 1. The fraction of sp³-hybridized carbons (Fsp3) is 0.250. The third-order valence-electron chi connectivity index (χ3n) is 2.57. The molecule has 0 bridgehead atoms. The van der Waals surface area contributed by atoms with Crippen molar-refractivity contribution in [1.82, 2.24) is 14.8 Å². The Morgan fingerprint density at radius 1 is 1.53 bits per heavy atom. The Morgan fingerprint density at radius 3 is 3.05 bits per heavy atom. The average Bonchev–Trinajstić information content (AvgIpc) is 2.81. The van der Waals surface area contributed by atoms with E-state index in [1.165, 1.54) is 0 Å². The molecular formula is C12H12BrClN4O. The summed E-state index contributed by atoms with van der Waals surface area (Å²) in [5, 5.41) is 10.9. The summed E-state index contributed by atoms with van der Waals surface area (Å²) >= 11 is 9.30. The van der Waals surface area contributed by atoms with Crippen LogP contribution in [0.3, 0.4) is 0 Å². The lowest BCUT2D eigenvalue weighted by molar-refractivity contribution is -0.115. The van der Waals surface area contributed by atoms with Crippen molar-refractivity contribution in [2.24, 2.45) is 0 Å². The van der Waals surface area contributed by atoms with Gasteiger partial charge < -0.3 is 4.57 Å². The molecule has 1 aromatic carbocycles. The summed E-state index contributed by atoms with van der Waals surface area (Å²) in [6, 6.07) is 5.34. The van der Waals surface area contributed by atoms with Crippen LogP contribution in [0.5, 0.6) is 0 Å². The van der Waals surface area contributed by atoms with Gasteiger partial charge in [0.05, 0.1) is 6.42 Å². The lowest BCUT2D eigenvalue weighted by Crippen LogP contribution is -2.17. The van der Waals surface area contributed by atoms with Gasteiger partial charge in [-0.1, -0.05) is 27.5 Å². The number of carbonyl (C=O) groups is 1. The summed E-state index contributed by atoms with van der Waals surface area (Å²) < 4.78 is 2.61. The van der Waals surface area contributed by atoms with Gasteiger partial charge in [-0.2, -0.15) is 0 Å². The Bertz CT molecular complexity index is 599. The lowest BCUT2D eigenvalue weighted by Gasteiger charge is -2.07. The Hall–Kier alpha value is -1.40. The van der Waals surface area contributed by atoms with Gasteiger partial charge in [0.2, 0.25) is 11.9 Å². The van der Waals surface area contributed by atoms with Crippen LogP contribution < -0.4 is 5.32 Å². The molecule has 5 nitrogen and oxygen atoms in total. The van der Waals surface area contributed by atoms with E-state index in [1.807, 2.05) is 13.0 Å². The third-order valence-corrected chi connectivity index (χ3v) is 3.57. The molecule has 0 aliphatic heterocycles. The van der Waals surface area contributed by atoms with Gasteiger partial charge in [0.15, 0.2) is 0 Å². The SMILES string of the molecule is CCn1cnnc1NC(=O)Cc1cc(Cl)ccc1Br. The zero-order chi connectivity index (χ0) is 13.8. The van der Waals surface area contributed by atoms with E-state index in [1.54, 1.807) is 23.0 Å². The number of halogens is 2. The van der Waals surface area contributed by atoms with E-state index < -0.39 is 0 Å². The van der Waals surface area contributed by atoms with Crippen LogP contribution >= 0.6 is 27.5 Å². The van der Waals surface area contributed by atoms with Crippen molar-refractivity contribution >= 4 is 39.4 Å². The minimum Gasteiger partial charge on any atom is -0.300 e. The van der Waals surface area contributed by atoms with E-state index in [4.69, 9.17) is 11.6 Å². The van der Waals surface area contributed by atoms with Crippen molar-refractivity contribution in [3.8, 4) is 0 Å². The number of anilines is 1. The van der Waals surface area contributed by atoms with Gasteiger partial charge >= 0.3 is 0 Å². The monoisotopic (exact) mass is 342 g/mol. The molecule has 0 radical (unpaired) electrons. The van der Waals surface area contributed by atoms with E-state index in [0.29, 0.717) is 17.5 Å². The predicted octanol–water partition coefficient (Wildman–Crippen LogP) is 2.90. The molecule has 0 unspecified atom stereocenters. The molecule has 2 rings (SSSR count). The van der Waals surface area contributed by atoms with Crippen LogP contribution in [0.4, 0.5) is 5.95 Å². The molecule has 1 amide bonds.